The molecule has 0 bridgehead atoms. The summed E-state index contributed by atoms with van der Waals surface area (Å²) < 4.78 is 13.3. The molecular formula is C54H40N2O2. The highest BCUT2D eigenvalue weighted by Gasteiger charge is 2.19. The number of fused-ring (bicyclic) bond motifs is 8. The molecule has 2 heterocycles. The van der Waals surface area contributed by atoms with Gasteiger partial charge >= 0.3 is 0 Å². The maximum atomic E-state index is 6.65. The molecule has 0 amide bonds. The van der Waals surface area contributed by atoms with Crippen LogP contribution in [0, 0.1) is 27.7 Å². The van der Waals surface area contributed by atoms with Crippen molar-refractivity contribution in [3.8, 4) is 0 Å². The normalized spacial score (nSPS) is 11.8. The number of aryl methyl sites for hydroxylation is 4. The highest BCUT2D eigenvalue weighted by molar-refractivity contribution is 6.18. The number of hydrogen-bond donors (Lipinski definition) is 0. The monoisotopic (exact) mass is 748 g/mol. The Labute approximate surface area is 336 Å². The molecule has 0 spiro atoms. The minimum Gasteiger partial charge on any atom is -0.456 e. The van der Waals surface area contributed by atoms with Gasteiger partial charge in [-0.3, -0.25) is 0 Å². The number of para-hydroxylation sites is 2. The molecule has 11 aromatic rings. The molecule has 0 aliphatic heterocycles. The van der Waals surface area contributed by atoms with Crippen LogP contribution in [0.2, 0.25) is 0 Å². The summed E-state index contributed by atoms with van der Waals surface area (Å²) in [4.78, 5) is 4.64. The zero-order valence-corrected chi connectivity index (χ0v) is 32.9. The Bertz CT molecular complexity index is 3170. The first-order chi connectivity index (χ1) is 28.3. The summed E-state index contributed by atoms with van der Waals surface area (Å²) in [5, 5.41) is 8.81. The average Bonchev–Trinajstić information content (AvgIpc) is 3.77. The molecule has 0 saturated carbocycles. The van der Waals surface area contributed by atoms with Crippen molar-refractivity contribution in [2.75, 3.05) is 9.80 Å². The fourth-order valence-corrected chi connectivity index (χ4v) is 8.56. The summed E-state index contributed by atoms with van der Waals surface area (Å²) in [6, 6.07) is 61.0. The number of furan rings is 2. The van der Waals surface area contributed by atoms with Gasteiger partial charge in [0, 0.05) is 55.7 Å². The van der Waals surface area contributed by atoms with Gasteiger partial charge in [-0.25, -0.2) is 0 Å². The maximum Gasteiger partial charge on any atom is 0.136 e. The van der Waals surface area contributed by atoms with Crippen LogP contribution in [0.3, 0.4) is 0 Å². The second kappa shape index (κ2) is 13.1. The van der Waals surface area contributed by atoms with Crippen molar-refractivity contribution < 1.29 is 8.83 Å². The van der Waals surface area contributed by atoms with Crippen molar-refractivity contribution in [2.24, 2.45) is 0 Å². The number of rotatable bonds is 6. The van der Waals surface area contributed by atoms with Gasteiger partial charge in [0.05, 0.1) is 0 Å². The van der Waals surface area contributed by atoms with E-state index in [2.05, 4.69) is 207 Å². The molecule has 4 nitrogen and oxygen atoms in total. The third-order valence-electron chi connectivity index (χ3n) is 12.0. The van der Waals surface area contributed by atoms with Gasteiger partial charge in [0.25, 0.3) is 0 Å². The Kier molecular flexibility index (Phi) is 7.70. The molecule has 9 aromatic carbocycles. The average molecular weight is 749 g/mol. The van der Waals surface area contributed by atoms with Crippen LogP contribution in [0.5, 0.6) is 0 Å². The van der Waals surface area contributed by atoms with Gasteiger partial charge in [0.15, 0.2) is 0 Å². The van der Waals surface area contributed by atoms with Crippen LogP contribution in [0.15, 0.2) is 179 Å². The van der Waals surface area contributed by atoms with Crippen molar-refractivity contribution in [3.05, 3.63) is 192 Å². The molecular weight excluding hydrogens is 709 g/mol. The van der Waals surface area contributed by atoms with E-state index in [1.807, 2.05) is 0 Å². The number of benzene rings is 9. The molecule has 4 heteroatoms. The molecule has 0 aliphatic carbocycles. The van der Waals surface area contributed by atoms with E-state index in [9.17, 15) is 0 Å². The zero-order valence-electron chi connectivity index (χ0n) is 32.9. The van der Waals surface area contributed by atoms with Crippen molar-refractivity contribution in [1.82, 2.24) is 0 Å². The van der Waals surface area contributed by atoms with E-state index in [0.717, 1.165) is 99.5 Å². The lowest BCUT2D eigenvalue weighted by molar-refractivity contribution is 0.664. The minimum absolute atomic E-state index is 0.851. The summed E-state index contributed by atoms with van der Waals surface area (Å²) in [5.41, 5.74) is 15.2. The lowest BCUT2D eigenvalue weighted by Crippen LogP contribution is -2.10. The van der Waals surface area contributed by atoms with Crippen molar-refractivity contribution in [3.63, 3.8) is 0 Å². The molecule has 58 heavy (non-hydrogen) atoms. The minimum atomic E-state index is 0.851. The van der Waals surface area contributed by atoms with Crippen LogP contribution in [0.25, 0.3) is 65.4 Å². The number of hydrogen-bond acceptors (Lipinski definition) is 4. The predicted molar refractivity (Wildman–Crippen MR) is 244 cm³/mol. The summed E-state index contributed by atoms with van der Waals surface area (Å²) in [5.74, 6) is 0. The molecule has 0 unspecified atom stereocenters. The summed E-state index contributed by atoms with van der Waals surface area (Å²) in [6.45, 7) is 8.66. The number of anilines is 6. The molecule has 0 fully saturated rings. The van der Waals surface area contributed by atoms with E-state index < -0.39 is 0 Å². The van der Waals surface area contributed by atoms with Crippen molar-refractivity contribution in [2.45, 2.75) is 27.7 Å². The van der Waals surface area contributed by atoms with Crippen LogP contribution in [0.4, 0.5) is 34.1 Å². The van der Waals surface area contributed by atoms with Gasteiger partial charge in [-0.2, -0.15) is 0 Å². The fraction of sp³-hybridized carbons (Fsp3) is 0.0741. The Balaban J connectivity index is 1.00. The Morgan fingerprint density at radius 1 is 0.276 bits per heavy atom. The summed E-state index contributed by atoms with van der Waals surface area (Å²) >= 11 is 0. The van der Waals surface area contributed by atoms with Gasteiger partial charge in [-0.15, -0.1) is 0 Å². The SMILES string of the molecule is Cc1ccc(N(c2ccccc2)c2ccc3cc4c(cc3c2)oc2cc3c(cc24)oc2cc4cc(N(c5ccccc5)c5ccc(C)c(C)c5)ccc4cc23)cc1C. The third-order valence-corrected chi connectivity index (χ3v) is 12.0. The Morgan fingerprint density at radius 2 is 0.638 bits per heavy atom. The first kappa shape index (κ1) is 34.0. The van der Waals surface area contributed by atoms with Crippen LogP contribution in [0.1, 0.15) is 22.3 Å². The molecule has 11 rings (SSSR count). The Morgan fingerprint density at radius 3 is 1.05 bits per heavy atom. The molecule has 0 saturated heterocycles. The largest absolute Gasteiger partial charge is 0.456 e. The van der Waals surface area contributed by atoms with Crippen LogP contribution >= 0.6 is 0 Å². The quantitative estimate of drug-likeness (QED) is 0.170. The topological polar surface area (TPSA) is 32.8 Å². The van der Waals surface area contributed by atoms with Gasteiger partial charge in [0.2, 0.25) is 0 Å². The second-order valence-corrected chi connectivity index (χ2v) is 15.7. The highest BCUT2D eigenvalue weighted by Crippen LogP contribution is 2.43. The highest BCUT2D eigenvalue weighted by atomic mass is 16.3. The second-order valence-electron chi connectivity index (χ2n) is 15.7. The first-order valence-corrected chi connectivity index (χ1v) is 19.9. The van der Waals surface area contributed by atoms with Gasteiger partial charge in [0.1, 0.15) is 22.3 Å². The van der Waals surface area contributed by atoms with E-state index in [0.29, 0.717) is 0 Å². The molecule has 0 atom stereocenters. The van der Waals surface area contributed by atoms with Gasteiger partial charge in [-0.05, 0) is 181 Å². The van der Waals surface area contributed by atoms with Crippen LogP contribution in [-0.4, -0.2) is 0 Å². The predicted octanol–water partition coefficient (Wildman–Crippen LogP) is 16.0. The van der Waals surface area contributed by atoms with E-state index in [1.165, 1.54) is 22.3 Å². The molecule has 0 aliphatic rings. The smallest absolute Gasteiger partial charge is 0.136 e. The van der Waals surface area contributed by atoms with Crippen LogP contribution < -0.4 is 9.80 Å². The van der Waals surface area contributed by atoms with Crippen LogP contribution in [-0.2, 0) is 0 Å². The molecule has 278 valence electrons. The van der Waals surface area contributed by atoms with Crippen molar-refractivity contribution in [1.29, 1.82) is 0 Å². The lowest BCUT2D eigenvalue weighted by atomic mass is 10.0. The van der Waals surface area contributed by atoms with E-state index in [4.69, 9.17) is 8.83 Å². The first-order valence-electron chi connectivity index (χ1n) is 19.9. The Hall–Kier alpha value is -7.30. The number of nitrogens with zero attached hydrogens (tertiary/aromatic N) is 2. The van der Waals surface area contributed by atoms with E-state index in [1.54, 1.807) is 0 Å². The van der Waals surface area contributed by atoms with E-state index in [-0.39, 0.29) is 0 Å². The standard InChI is InChI=1S/C54H40N2O2/c1-33-15-19-43(23-35(33)3)55(41-11-7-5-8-12-41)45-21-17-37-27-47-49-31-54-50(32-53(49)57-51(47)29-39(37)25-45)48-28-38-18-22-46(26-40(38)30-52(48)58-54)56(42-13-9-6-10-14-42)44-20-16-34(2)36(4)24-44/h5-32H,1-4H3. The fourth-order valence-electron chi connectivity index (χ4n) is 8.56. The van der Waals surface area contributed by atoms with Gasteiger partial charge < -0.3 is 18.6 Å². The lowest BCUT2D eigenvalue weighted by Gasteiger charge is -2.26. The molecule has 2 aromatic heterocycles. The molecule has 0 N–H and O–H groups in total. The van der Waals surface area contributed by atoms with Crippen molar-refractivity contribution >= 4 is 99.5 Å². The molecule has 0 radical (unpaired) electrons. The summed E-state index contributed by atoms with van der Waals surface area (Å²) in [7, 11) is 0. The van der Waals surface area contributed by atoms with Gasteiger partial charge in [-0.1, -0.05) is 60.7 Å². The summed E-state index contributed by atoms with van der Waals surface area (Å²) in [6.07, 6.45) is 0. The van der Waals surface area contributed by atoms with E-state index >= 15 is 0 Å². The zero-order chi connectivity index (χ0) is 39.1. The third kappa shape index (κ3) is 5.60. The maximum absolute atomic E-state index is 6.65.